The average Bonchev–Trinajstić information content (AvgIpc) is 2.97. The average molecular weight is 561 g/mol. The van der Waals surface area contributed by atoms with Crippen molar-refractivity contribution >= 4 is 18.7 Å². The minimum absolute atomic E-state index is 0.0292. The molecular weight excluding hydrogens is 512 g/mol. The van der Waals surface area contributed by atoms with E-state index in [0.717, 1.165) is 11.3 Å². The molecular formula is C35H48O4Si. The summed E-state index contributed by atoms with van der Waals surface area (Å²) in [6.07, 6.45) is 1.01. The Morgan fingerprint density at radius 1 is 0.850 bits per heavy atom. The smallest absolute Gasteiger partial charge is 0.261 e. The molecule has 0 amide bonds. The molecule has 0 aliphatic rings. The molecule has 0 saturated carbocycles. The Labute approximate surface area is 243 Å². The first kappa shape index (κ1) is 31.8. The molecule has 0 spiro atoms. The van der Waals surface area contributed by atoms with Crippen molar-refractivity contribution in [2.75, 3.05) is 13.7 Å². The second-order valence-corrected chi connectivity index (χ2v) is 16.3. The Bertz CT molecular complexity index is 1120. The Morgan fingerprint density at radius 3 is 1.82 bits per heavy atom. The monoisotopic (exact) mass is 560 g/mol. The van der Waals surface area contributed by atoms with Crippen LogP contribution in [0.5, 0.6) is 5.75 Å². The first-order valence-electron chi connectivity index (χ1n) is 14.3. The summed E-state index contributed by atoms with van der Waals surface area (Å²) < 4.78 is 19.2. The first-order chi connectivity index (χ1) is 19.0. The van der Waals surface area contributed by atoms with E-state index in [1.54, 1.807) is 7.11 Å². The van der Waals surface area contributed by atoms with Crippen LogP contribution in [0.2, 0.25) is 5.04 Å². The highest BCUT2D eigenvalue weighted by molar-refractivity contribution is 6.99. The van der Waals surface area contributed by atoms with Crippen molar-refractivity contribution < 1.29 is 19.0 Å². The third-order valence-electron chi connectivity index (χ3n) is 8.11. The van der Waals surface area contributed by atoms with Gasteiger partial charge in [0.05, 0.1) is 25.9 Å². The van der Waals surface area contributed by atoms with Crippen molar-refractivity contribution in [1.82, 2.24) is 0 Å². The third-order valence-corrected chi connectivity index (χ3v) is 13.1. The van der Waals surface area contributed by atoms with Gasteiger partial charge in [-0.05, 0) is 33.1 Å². The van der Waals surface area contributed by atoms with Gasteiger partial charge in [-0.15, -0.1) is 6.58 Å². The second-order valence-electron chi connectivity index (χ2n) is 12.0. The minimum Gasteiger partial charge on any atom is -0.497 e. The summed E-state index contributed by atoms with van der Waals surface area (Å²) in [5, 5.41) is 13.6. The van der Waals surface area contributed by atoms with Gasteiger partial charge in [0.25, 0.3) is 8.32 Å². The van der Waals surface area contributed by atoms with E-state index >= 15 is 0 Å². The molecule has 0 heterocycles. The van der Waals surface area contributed by atoms with Crippen LogP contribution < -0.4 is 15.1 Å². The zero-order valence-electron chi connectivity index (χ0n) is 25.3. The van der Waals surface area contributed by atoms with E-state index in [1.807, 2.05) is 37.3 Å². The van der Waals surface area contributed by atoms with Gasteiger partial charge in [0.1, 0.15) is 5.75 Å². The number of hydrogen-bond acceptors (Lipinski definition) is 4. The lowest BCUT2D eigenvalue weighted by Crippen LogP contribution is -2.67. The van der Waals surface area contributed by atoms with Crippen molar-refractivity contribution in [2.24, 2.45) is 17.8 Å². The Morgan fingerprint density at radius 2 is 1.38 bits per heavy atom. The van der Waals surface area contributed by atoms with E-state index in [-0.39, 0.29) is 28.9 Å². The van der Waals surface area contributed by atoms with Crippen LogP contribution in [0, 0.1) is 17.8 Å². The summed E-state index contributed by atoms with van der Waals surface area (Å²) in [6.45, 7) is 18.0. The van der Waals surface area contributed by atoms with E-state index in [2.05, 4.69) is 102 Å². The lowest BCUT2D eigenvalue weighted by molar-refractivity contribution is -0.0799. The van der Waals surface area contributed by atoms with Crippen molar-refractivity contribution in [2.45, 2.75) is 65.4 Å². The summed E-state index contributed by atoms with van der Waals surface area (Å²) in [7, 11) is -1.03. The molecule has 0 saturated heterocycles. The van der Waals surface area contributed by atoms with Crippen LogP contribution in [0.25, 0.3) is 0 Å². The minimum atomic E-state index is -2.69. The molecule has 5 heteroatoms. The van der Waals surface area contributed by atoms with Crippen LogP contribution in [0.15, 0.2) is 97.6 Å². The maximum Gasteiger partial charge on any atom is 0.261 e. The van der Waals surface area contributed by atoms with Gasteiger partial charge in [-0.3, -0.25) is 0 Å². The summed E-state index contributed by atoms with van der Waals surface area (Å²) in [4.78, 5) is 0. The largest absolute Gasteiger partial charge is 0.497 e. The molecule has 3 aromatic rings. The van der Waals surface area contributed by atoms with Gasteiger partial charge in [0, 0.05) is 24.4 Å². The fourth-order valence-corrected chi connectivity index (χ4v) is 10.3. The Balaban J connectivity index is 1.94. The lowest BCUT2D eigenvalue weighted by atomic mass is 9.84. The van der Waals surface area contributed by atoms with Crippen molar-refractivity contribution in [3.63, 3.8) is 0 Å². The van der Waals surface area contributed by atoms with Gasteiger partial charge in [0.2, 0.25) is 0 Å². The van der Waals surface area contributed by atoms with Crippen molar-refractivity contribution in [3.8, 4) is 5.75 Å². The van der Waals surface area contributed by atoms with E-state index in [9.17, 15) is 5.11 Å². The highest BCUT2D eigenvalue weighted by Gasteiger charge is 2.50. The predicted molar refractivity (Wildman–Crippen MR) is 169 cm³/mol. The molecule has 3 rings (SSSR count). The van der Waals surface area contributed by atoms with Crippen molar-refractivity contribution in [1.29, 1.82) is 0 Å². The van der Waals surface area contributed by atoms with Crippen LogP contribution in [-0.4, -0.2) is 39.3 Å². The number of rotatable bonds is 14. The third kappa shape index (κ3) is 7.32. The lowest BCUT2D eigenvalue weighted by Gasteiger charge is -2.44. The molecule has 0 bridgehead atoms. The number of methoxy groups -OCH3 is 1. The molecule has 0 fully saturated rings. The molecule has 0 aromatic heterocycles. The highest BCUT2D eigenvalue weighted by atomic mass is 28.4. The zero-order valence-corrected chi connectivity index (χ0v) is 26.3. The first-order valence-corrected chi connectivity index (χ1v) is 16.3. The fraction of sp³-hybridized carbons (Fsp3) is 0.429. The van der Waals surface area contributed by atoms with Crippen molar-refractivity contribution in [3.05, 3.63) is 103 Å². The fourth-order valence-electron chi connectivity index (χ4n) is 5.67. The standard InChI is InChI=1S/C35H48O4Si/c1-9-26(2)33(36)28(4)34(38-25-29-20-22-30(37-8)23-21-29)27(3)24-39-40(35(5,6)7,31-16-12-10-13-17-31)32-18-14-11-15-19-32/h9-23,26-28,33-34,36H,1,24-25H2,2-8H3/t26-,27-,28+,33-,34-/m1/s1. The number of benzene rings is 3. The van der Waals surface area contributed by atoms with Gasteiger partial charge in [-0.2, -0.15) is 0 Å². The molecule has 40 heavy (non-hydrogen) atoms. The molecule has 1 N–H and O–H groups in total. The van der Waals surface area contributed by atoms with Gasteiger partial charge in [-0.25, -0.2) is 0 Å². The SMILES string of the molecule is C=C[C@@H](C)[C@@H](O)[C@H](C)[C@H](OCc1ccc(OC)cc1)[C@H](C)CO[Si](c1ccccc1)(c1ccccc1)C(C)(C)C. The predicted octanol–water partition coefficient (Wildman–Crippen LogP) is 6.61. The maximum atomic E-state index is 11.2. The molecule has 3 aromatic carbocycles. The quantitative estimate of drug-likeness (QED) is 0.178. The molecule has 0 unspecified atom stereocenters. The van der Waals surface area contributed by atoms with Gasteiger partial charge >= 0.3 is 0 Å². The van der Waals surface area contributed by atoms with Crippen LogP contribution in [0.3, 0.4) is 0 Å². The molecule has 0 aliphatic carbocycles. The summed E-state index contributed by atoms with van der Waals surface area (Å²) in [6, 6.07) is 29.3. The number of aliphatic hydroxyl groups is 1. The Hall–Kier alpha value is -2.70. The molecule has 0 radical (unpaired) electrons. The highest BCUT2D eigenvalue weighted by Crippen LogP contribution is 2.37. The van der Waals surface area contributed by atoms with Crippen LogP contribution in [-0.2, 0) is 15.8 Å². The zero-order chi connectivity index (χ0) is 29.3. The topological polar surface area (TPSA) is 47.9 Å². The molecule has 4 nitrogen and oxygen atoms in total. The van der Waals surface area contributed by atoms with Crippen LogP contribution >= 0.6 is 0 Å². The van der Waals surface area contributed by atoms with E-state index in [4.69, 9.17) is 13.9 Å². The van der Waals surface area contributed by atoms with Gasteiger partial charge in [0.15, 0.2) is 0 Å². The van der Waals surface area contributed by atoms with E-state index in [0.29, 0.717) is 13.2 Å². The molecule has 216 valence electrons. The van der Waals surface area contributed by atoms with Crippen LogP contribution in [0.1, 0.15) is 47.1 Å². The summed E-state index contributed by atoms with van der Waals surface area (Å²) in [5.41, 5.74) is 1.06. The molecule has 5 atom stereocenters. The van der Waals surface area contributed by atoms with Gasteiger partial charge < -0.3 is 19.0 Å². The molecule has 0 aliphatic heterocycles. The maximum absolute atomic E-state index is 11.2. The number of aliphatic hydroxyl groups excluding tert-OH is 1. The van der Waals surface area contributed by atoms with E-state index in [1.165, 1.54) is 10.4 Å². The number of hydrogen-bond donors (Lipinski definition) is 1. The number of ether oxygens (including phenoxy) is 2. The summed E-state index contributed by atoms with van der Waals surface area (Å²) >= 11 is 0. The normalized spacial score (nSPS) is 16.0. The second kappa shape index (κ2) is 14.3. The van der Waals surface area contributed by atoms with Crippen LogP contribution in [0.4, 0.5) is 0 Å². The Kier molecular flexibility index (Phi) is 11.4. The van der Waals surface area contributed by atoms with E-state index < -0.39 is 14.4 Å². The summed E-state index contributed by atoms with van der Waals surface area (Å²) in [5.74, 6) is 0.674. The van der Waals surface area contributed by atoms with Gasteiger partial charge in [-0.1, -0.05) is 120 Å².